The summed E-state index contributed by atoms with van der Waals surface area (Å²) in [4.78, 5) is 8.73. The number of piperazine rings is 1. The van der Waals surface area contributed by atoms with E-state index in [1.54, 1.807) is 7.11 Å². The molecule has 0 radical (unpaired) electrons. The van der Waals surface area contributed by atoms with E-state index in [0.29, 0.717) is 0 Å². The van der Waals surface area contributed by atoms with Crippen LogP contribution in [0.3, 0.4) is 0 Å². The van der Waals surface area contributed by atoms with Gasteiger partial charge in [-0.2, -0.15) is 0 Å². The summed E-state index contributed by atoms with van der Waals surface area (Å²) in [6, 6.07) is 12.0. The highest BCUT2D eigenvalue weighted by Crippen LogP contribution is 2.17. The van der Waals surface area contributed by atoms with Crippen LogP contribution in [-0.2, 0) is 6.54 Å². The molecule has 3 rings (SSSR count). The van der Waals surface area contributed by atoms with E-state index in [-0.39, 0.29) is 0 Å². The third kappa shape index (κ3) is 4.43. The molecule has 1 aromatic carbocycles. The van der Waals surface area contributed by atoms with Crippen molar-refractivity contribution < 1.29 is 4.74 Å². The second-order valence-electron chi connectivity index (χ2n) is 5.78. The van der Waals surface area contributed by atoms with E-state index < -0.39 is 0 Å². The topological polar surface area (TPSA) is 40.6 Å². The van der Waals surface area contributed by atoms with E-state index in [1.165, 1.54) is 5.56 Å². The number of ether oxygens (including phenoxy) is 1. The number of hydrogen-bond donors (Lipinski definition) is 1. The highest BCUT2D eigenvalue weighted by atomic mass is 32.1. The van der Waals surface area contributed by atoms with Crippen LogP contribution < -0.4 is 10.1 Å². The number of aromatic nitrogens is 1. The van der Waals surface area contributed by atoms with E-state index >= 15 is 0 Å². The number of anilines is 1. The Labute approximate surface area is 148 Å². The molecule has 0 atom stereocenters. The SMILES string of the molecule is COc1cccc(NC(=S)N2CCN(Cc3ccncc3)CC2)c1. The molecule has 24 heavy (non-hydrogen) atoms. The summed E-state index contributed by atoms with van der Waals surface area (Å²) in [5.41, 5.74) is 2.26. The fourth-order valence-corrected chi connectivity index (χ4v) is 3.06. The summed E-state index contributed by atoms with van der Waals surface area (Å²) >= 11 is 5.55. The van der Waals surface area contributed by atoms with Gasteiger partial charge in [0.2, 0.25) is 0 Å². The smallest absolute Gasteiger partial charge is 0.173 e. The molecular formula is C18H22N4OS. The predicted octanol–water partition coefficient (Wildman–Crippen LogP) is 2.60. The van der Waals surface area contributed by atoms with Crippen molar-refractivity contribution >= 4 is 23.0 Å². The third-order valence-electron chi connectivity index (χ3n) is 4.14. The Morgan fingerprint density at radius 1 is 1.17 bits per heavy atom. The molecule has 1 fully saturated rings. The summed E-state index contributed by atoms with van der Waals surface area (Å²) < 4.78 is 5.24. The van der Waals surface area contributed by atoms with Gasteiger partial charge in [0.1, 0.15) is 5.75 Å². The molecule has 1 aliphatic heterocycles. The van der Waals surface area contributed by atoms with Crippen molar-refractivity contribution in [1.82, 2.24) is 14.8 Å². The van der Waals surface area contributed by atoms with Gasteiger partial charge in [0.05, 0.1) is 7.11 Å². The summed E-state index contributed by atoms with van der Waals surface area (Å²) in [6.07, 6.45) is 3.69. The maximum Gasteiger partial charge on any atom is 0.173 e. The molecule has 0 amide bonds. The average Bonchev–Trinajstić information content (AvgIpc) is 2.63. The van der Waals surface area contributed by atoms with Crippen LogP contribution in [0.2, 0.25) is 0 Å². The van der Waals surface area contributed by atoms with Crippen LogP contribution in [-0.4, -0.2) is 53.2 Å². The Morgan fingerprint density at radius 3 is 2.62 bits per heavy atom. The first-order valence-electron chi connectivity index (χ1n) is 8.06. The number of rotatable bonds is 4. The Balaban J connectivity index is 1.49. The predicted molar refractivity (Wildman–Crippen MR) is 100 cm³/mol. The number of benzene rings is 1. The molecule has 6 heteroatoms. The van der Waals surface area contributed by atoms with E-state index in [4.69, 9.17) is 17.0 Å². The first kappa shape index (κ1) is 16.7. The van der Waals surface area contributed by atoms with Crippen molar-refractivity contribution in [2.75, 3.05) is 38.6 Å². The van der Waals surface area contributed by atoms with Crippen LogP contribution in [0, 0.1) is 0 Å². The molecule has 1 aliphatic rings. The lowest BCUT2D eigenvalue weighted by atomic mass is 10.2. The molecule has 1 aromatic heterocycles. The van der Waals surface area contributed by atoms with Crippen molar-refractivity contribution in [3.8, 4) is 5.75 Å². The van der Waals surface area contributed by atoms with Crippen molar-refractivity contribution in [1.29, 1.82) is 0 Å². The molecule has 126 valence electrons. The minimum atomic E-state index is 0.770. The highest BCUT2D eigenvalue weighted by molar-refractivity contribution is 7.80. The lowest BCUT2D eigenvalue weighted by molar-refractivity contribution is 0.177. The summed E-state index contributed by atoms with van der Waals surface area (Å²) in [7, 11) is 1.67. The first-order chi connectivity index (χ1) is 11.7. The molecule has 2 heterocycles. The zero-order valence-electron chi connectivity index (χ0n) is 13.8. The second kappa shape index (κ2) is 8.08. The van der Waals surface area contributed by atoms with Gasteiger partial charge in [-0.1, -0.05) is 6.07 Å². The van der Waals surface area contributed by atoms with E-state index in [1.807, 2.05) is 36.7 Å². The fourth-order valence-electron chi connectivity index (χ4n) is 2.76. The van der Waals surface area contributed by atoms with Crippen LogP contribution in [0.4, 0.5) is 5.69 Å². The molecule has 1 saturated heterocycles. The lowest BCUT2D eigenvalue weighted by Crippen LogP contribution is -2.49. The second-order valence-corrected chi connectivity index (χ2v) is 6.17. The molecule has 5 nitrogen and oxygen atoms in total. The molecule has 0 unspecified atom stereocenters. The van der Waals surface area contributed by atoms with Crippen molar-refractivity contribution in [2.24, 2.45) is 0 Å². The maximum absolute atomic E-state index is 5.55. The lowest BCUT2D eigenvalue weighted by Gasteiger charge is -2.36. The number of hydrogen-bond acceptors (Lipinski definition) is 4. The normalized spacial score (nSPS) is 15.1. The molecule has 0 bridgehead atoms. The quantitative estimate of drug-likeness (QED) is 0.862. The zero-order chi connectivity index (χ0) is 16.8. The Hall–Kier alpha value is -2.18. The molecule has 0 saturated carbocycles. The van der Waals surface area contributed by atoms with Crippen LogP contribution >= 0.6 is 12.2 Å². The number of thiocarbonyl (C=S) groups is 1. The number of nitrogens with one attached hydrogen (secondary N) is 1. The van der Waals surface area contributed by atoms with Gasteiger partial charge in [-0.3, -0.25) is 9.88 Å². The van der Waals surface area contributed by atoms with Gasteiger partial charge >= 0.3 is 0 Å². The molecule has 0 spiro atoms. The number of methoxy groups -OCH3 is 1. The van der Waals surface area contributed by atoms with E-state index in [9.17, 15) is 0 Å². The summed E-state index contributed by atoms with van der Waals surface area (Å²) in [5.74, 6) is 0.824. The molecule has 0 aliphatic carbocycles. The van der Waals surface area contributed by atoms with Gasteiger partial charge in [0.25, 0.3) is 0 Å². The summed E-state index contributed by atoms with van der Waals surface area (Å²) in [5, 5.41) is 4.07. The monoisotopic (exact) mass is 342 g/mol. The average molecular weight is 342 g/mol. The van der Waals surface area contributed by atoms with Crippen molar-refractivity contribution in [3.05, 3.63) is 54.4 Å². The van der Waals surface area contributed by atoms with Crippen LogP contribution in [0.25, 0.3) is 0 Å². The Morgan fingerprint density at radius 2 is 1.92 bits per heavy atom. The zero-order valence-corrected chi connectivity index (χ0v) is 14.6. The molecule has 2 aromatic rings. The highest BCUT2D eigenvalue weighted by Gasteiger charge is 2.19. The largest absolute Gasteiger partial charge is 0.497 e. The number of nitrogens with zero attached hydrogens (tertiary/aromatic N) is 3. The van der Waals surface area contributed by atoms with Crippen LogP contribution in [0.5, 0.6) is 5.75 Å². The van der Waals surface area contributed by atoms with Gasteiger partial charge in [-0.15, -0.1) is 0 Å². The standard InChI is InChI=1S/C18H22N4OS/c1-23-17-4-2-3-16(13-17)20-18(24)22-11-9-21(10-12-22)14-15-5-7-19-8-6-15/h2-8,13H,9-12,14H2,1H3,(H,20,24). The van der Waals surface area contributed by atoms with Gasteiger partial charge in [-0.25, -0.2) is 0 Å². The van der Waals surface area contributed by atoms with Crippen molar-refractivity contribution in [2.45, 2.75) is 6.54 Å². The third-order valence-corrected chi connectivity index (χ3v) is 4.50. The van der Waals surface area contributed by atoms with E-state index in [0.717, 1.165) is 49.3 Å². The van der Waals surface area contributed by atoms with Gasteiger partial charge in [0.15, 0.2) is 5.11 Å². The van der Waals surface area contributed by atoms with Gasteiger partial charge in [-0.05, 0) is 42.0 Å². The maximum atomic E-state index is 5.55. The molecule has 1 N–H and O–H groups in total. The number of pyridine rings is 1. The van der Waals surface area contributed by atoms with Crippen molar-refractivity contribution in [3.63, 3.8) is 0 Å². The van der Waals surface area contributed by atoms with Gasteiger partial charge < -0.3 is 15.0 Å². The van der Waals surface area contributed by atoms with Gasteiger partial charge in [0, 0.05) is 56.9 Å². The Kier molecular flexibility index (Phi) is 5.61. The fraction of sp³-hybridized carbons (Fsp3) is 0.333. The minimum absolute atomic E-state index is 0.770. The Bertz CT molecular complexity index is 672. The minimum Gasteiger partial charge on any atom is -0.497 e. The van der Waals surface area contributed by atoms with Crippen LogP contribution in [0.1, 0.15) is 5.56 Å². The van der Waals surface area contributed by atoms with E-state index in [2.05, 4.69) is 32.2 Å². The first-order valence-corrected chi connectivity index (χ1v) is 8.46. The summed E-state index contributed by atoms with van der Waals surface area (Å²) in [6.45, 7) is 4.83. The molecular weight excluding hydrogens is 320 g/mol. The van der Waals surface area contributed by atoms with Crippen LogP contribution in [0.15, 0.2) is 48.8 Å².